The first-order valence-electron chi connectivity index (χ1n) is 15.1. The number of benzene rings is 1. The fourth-order valence-corrected chi connectivity index (χ4v) is 6.34. The second-order valence-corrected chi connectivity index (χ2v) is 11.7. The van der Waals surface area contributed by atoms with Gasteiger partial charge >= 0.3 is 0 Å². The van der Waals surface area contributed by atoms with Crippen LogP contribution in [0.2, 0.25) is 0 Å². The molecule has 1 saturated carbocycles. The molecule has 42 heavy (non-hydrogen) atoms. The lowest BCUT2D eigenvalue weighted by Crippen LogP contribution is -2.49. The van der Waals surface area contributed by atoms with Gasteiger partial charge in [-0.2, -0.15) is 5.10 Å². The van der Waals surface area contributed by atoms with E-state index in [0.717, 1.165) is 75.4 Å². The first-order chi connectivity index (χ1) is 20.4. The highest BCUT2D eigenvalue weighted by Gasteiger charge is 2.30. The number of piperazine rings is 1. The summed E-state index contributed by atoms with van der Waals surface area (Å²) in [6.07, 6.45) is 10.8. The Morgan fingerprint density at radius 1 is 1.07 bits per heavy atom. The number of aryl methyl sites for hydroxylation is 1. The summed E-state index contributed by atoms with van der Waals surface area (Å²) in [5.41, 5.74) is 9.79. The van der Waals surface area contributed by atoms with Crippen LogP contribution in [0.15, 0.2) is 41.1 Å². The van der Waals surface area contributed by atoms with E-state index in [9.17, 15) is 0 Å². The molecule has 6 rings (SSSR count). The first-order valence-corrected chi connectivity index (χ1v) is 15.1. The van der Waals surface area contributed by atoms with Crippen LogP contribution in [0.25, 0.3) is 28.4 Å². The summed E-state index contributed by atoms with van der Waals surface area (Å²) in [5.74, 6) is 1.58. The summed E-state index contributed by atoms with van der Waals surface area (Å²) in [5, 5.41) is 8.85. The van der Waals surface area contributed by atoms with Crippen molar-refractivity contribution in [3.05, 3.63) is 59.6 Å². The highest BCUT2D eigenvalue weighted by molar-refractivity contribution is 5.98. The lowest BCUT2D eigenvalue weighted by atomic mass is 9.90. The van der Waals surface area contributed by atoms with Crippen molar-refractivity contribution >= 4 is 28.6 Å². The van der Waals surface area contributed by atoms with Gasteiger partial charge in [0, 0.05) is 37.8 Å². The van der Waals surface area contributed by atoms with Gasteiger partial charge in [0.05, 0.1) is 23.7 Å². The lowest BCUT2D eigenvalue weighted by molar-refractivity contribution is 0.0815. The van der Waals surface area contributed by atoms with Gasteiger partial charge in [-0.05, 0) is 75.9 Å². The van der Waals surface area contributed by atoms with Crippen LogP contribution in [0.3, 0.4) is 0 Å². The number of aromatic nitrogens is 4. The van der Waals surface area contributed by atoms with Crippen molar-refractivity contribution in [2.75, 3.05) is 44.3 Å². The van der Waals surface area contributed by atoms with Crippen LogP contribution < -0.4 is 11.1 Å². The minimum absolute atomic E-state index is 0.221. The molecule has 2 aliphatic rings. The number of furan rings is 1. The van der Waals surface area contributed by atoms with Crippen LogP contribution in [-0.2, 0) is 6.54 Å². The van der Waals surface area contributed by atoms with Gasteiger partial charge < -0.3 is 20.4 Å². The van der Waals surface area contributed by atoms with Crippen molar-refractivity contribution in [2.24, 2.45) is 0 Å². The van der Waals surface area contributed by atoms with Gasteiger partial charge in [-0.1, -0.05) is 19.1 Å². The second-order valence-electron chi connectivity index (χ2n) is 11.7. The van der Waals surface area contributed by atoms with E-state index in [1.54, 1.807) is 6.07 Å². The highest BCUT2D eigenvalue weighted by Crippen LogP contribution is 2.37. The number of rotatable bonds is 8. The zero-order valence-electron chi connectivity index (χ0n) is 24.8. The normalized spacial score (nSPS) is 20.6. The molecule has 3 aromatic heterocycles. The Bertz CT molecular complexity index is 1560. The Morgan fingerprint density at radius 3 is 2.57 bits per heavy atom. The van der Waals surface area contributed by atoms with Crippen molar-refractivity contribution in [1.29, 1.82) is 0 Å². The Hall–Kier alpha value is -3.76. The number of hydrogen-bond donors (Lipinski definition) is 2. The predicted octanol–water partition coefficient (Wildman–Crippen LogP) is 5.88. The molecule has 0 spiro atoms. The Kier molecular flexibility index (Phi) is 8.26. The zero-order valence-corrected chi connectivity index (χ0v) is 24.8. The summed E-state index contributed by atoms with van der Waals surface area (Å²) in [7, 11) is 2.20. The number of nitrogen functional groups attached to an aromatic ring is 1. The number of likely N-dealkylation sites (N-methyl/N-ethyl adjacent to an activating group) is 1. The van der Waals surface area contributed by atoms with E-state index in [-0.39, 0.29) is 11.9 Å². The van der Waals surface area contributed by atoms with Crippen molar-refractivity contribution in [2.45, 2.75) is 64.6 Å². The average Bonchev–Trinajstić information content (AvgIpc) is 3.57. The number of hydrogen-bond acceptors (Lipinski definition) is 8. The maximum Gasteiger partial charge on any atom is 0.164 e. The van der Waals surface area contributed by atoms with Crippen molar-refractivity contribution < 1.29 is 8.81 Å². The number of fused-ring (bicyclic) bond motifs is 1. The average molecular weight is 573 g/mol. The quantitative estimate of drug-likeness (QED) is 0.270. The second kappa shape index (κ2) is 12.2. The third-order valence-electron chi connectivity index (χ3n) is 8.79. The molecule has 0 bridgehead atoms. The van der Waals surface area contributed by atoms with Crippen LogP contribution >= 0.6 is 0 Å². The maximum absolute atomic E-state index is 15.4. The number of nitrogens with one attached hydrogen (secondary N) is 1. The van der Waals surface area contributed by atoms with Crippen LogP contribution in [0, 0.1) is 12.7 Å². The van der Waals surface area contributed by atoms with E-state index >= 15 is 4.39 Å². The molecule has 0 atom stereocenters. The molecule has 9 nitrogen and oxygen atoms in total. The van der Waals surface area contributed by atoms with E-state index < -0.39 is 0 Å². The monoisotopic (exact) mass is 572 g/mol. The summed E-state index contributed by atoms with van der Waals surface area (Å²) in [6, 6.07) is 7.94. The molecule has 222 valence electrons. The van der Waals surface area contributed by atoms with Gasteiger partial charge in [0.25, 0.3) is 0 Å². The number of halogens is 1. The molecule has 1 saturated heterocycles. The molecule has 10 heteroatoms. The number of nitrogens with zero attached hydrogens (tertiary/aromatic N) is 6. The molecule has 0 amide bonds. The largest absolute Gasteiger partial charge is 0.460 e. The molecular weight excluding hydrogens is 531 g/mol. The SMILES string of the molecule is CC/C=C\c1oc(CNc2ccc(-c3nn(C4CCC(N5CCN(C)CC5)CC4)c4ncnc(N)c34)cc2F)cc1C. The summed E-state index contributed by atoms with van der Waals surface area (Å²) in [4.78, 5) is 13.9. The number of allylic oxidation sites excluding steroid dienone is 1. The van der Waals surface area contributed by atoms with Gasteiger partial charge in [0.1, 0.15) is 35.2 Å². The van der Waals surface area contributed by atoms with Gasteiger partial charge in [0.2, 0.25) is 0 Å². The molecule has 3 N–H and O–H groups in total. The Labute approximate surface area is 246 Å². The van der Waals surface area contributed by atoms with Crippen molar-refractivity contribution in [1.82, 2.24) is 29.5 Å². The van der Waals surface area contributed by atoms with E-state index in [0.29, 0.717) is 46.4 Å². The van der Waals surface area contributed by atoms with Gasteiger partial charge in [0.15, 0.2) is 5.65 Å². The minimum atomic E-state index is -0.368. The molecular formula is C32H41FN8O. The molecule has 1 aliphatic heterocycles. The van der Waals surface area contributed by atoms with Gasteiger partial charge in [-0.3, -0.25) is 4.90 Å². The maximum atomic E-state index is 15.4. The van der Waals surface area contributed by atoms with Crippen LogP contribution in [0.5, 0.6) is 0 Å². The van der Waals surface area contributed by atoms with Crippen molar-refractivity contribution in [3.8, 4) is 11.3 Å². The van der Waals surface area contributed by atoms with E-state index in [1.165, 1.54) is 12.4 Å². The molecule has 1 aromatic carbocycles. The Morgan fingerprint density at radius 2 is 1.83 bits per heavy atom. The van der Waals surface area contributed by atoms with Gasteiger partial charge in [-0.25, -0.2) is 19.0 Å². The number of nitrogens with two attached hydrogens (primary N) is 1. The van der Waals surface area contributed by atoms with Crippen LogP contribution in [0.4, 0.5) is 15.9 Å². The molecule has 4 heterocycles. The Balaban J connectivity index is 1.20. The third-order valence-corrected chi connectivity index (χ3v) is 8.79. The summed E-state index contributed by atoms with van der Waals surface area (Å²) >= 11 is 0. The number of anilines is 2. The van der Waals surface area contributed by atoms with Gasteiger partial charge in [-0.15, -0.1) is 0 Å². The van der Waals surface area contributed by atoms with Crippen molar-refractivity contribution in [3.63, 3.8) is 0 Å². The fraction of sp³-hybridized carbons (Fsp3) is 0.469. The lowest BCUT2D eigenvalue weighted by Gasteiger charge is -2.41. The minimum Gasteiger partial charge on any atom is -0.460 e. The molecule has 0 unspecified atom stereocenters. The van der Waals surface area contributed by atoms with E-state index in [1.807, 2.05) is 29.8 Å². The smallest absolute Gasteiger partial charge is 0.164 e. The topological polar surface area (TPSA) is 101 Å². The fourth-order valence-electron chi connectivity index (χ4n) is 6.34. The highest BCUT2D eigenvalue weighted by atomic mass is 19.1. The first kappa shape index (κ1) is 28.4. The third kappa shape index (κ3) is 5.78. The zero-order chi connectivity index (χ0) is 29.2. The van der Waals surface area contributed by atoms with Crippen LogP contribution in [0.1, 0.15) is 62.2 Å². The molecule has 0 radical (unpaired) electrons. The summed E-state index contributed by atoms with van der Waals surface area (Å²) in [6.45, 7) is 9.02. The molecule has 1 aliphatic carbocycles. The predicted molar refractivity (Wildman–Crippen MR) is 166 cm³/mol. The molecule has 4 aromatic rings. The standard InChI is InChI=1S/C32H41FN8O/c1-4-5-6-28-21(2)17-25(42-28)19-35-27-12-7-22(18-26(27)33)30-29-31(34)36-20-37-32(29)41(38-30)24-10-8-23(9-11-24)40-15-13-39(3)14-16-40/h5-7,12,17-18,20,23-24,35H,4,8-11,13-16,19H2,1-3H3,(H2,34,36,37)/b6-5-. The summed E-state index contributed by atoms with van der Waals surface area (Å²) < 4.78 is 23.3. The van der Waals surface area contributed by atoms with E-state index in [4.69, 9.17) is 15.2 Å². The van der Waals surface area contributed by atoms with E-state index in [2.05, 4.69) is 45.1 Å². The van der Waals surface area contributed by atoms with Crippen LogP contribution in [-0.4, -0.2) is 68.8 Å². The molecule has 2 fully saturated rings.